The molecule has 0 atom stereocenters. The lowest BCUT2D eigenvalue weighted by Crippen LogP contribution is -2.28. The highest BCUT2D eigenvalue weighted by Crippen LogP contribution is 2.39. The standard InChI is InChI=1S/C27H26F3N9/c1-32-26(31)16-9-10-21(19(11-16)35-18-5-3-6-18)39-23-8-4-7-22(24(23)25(36-39)27(28,29)30)38-14-20(33-15-38)17-12-34-37(2)13-17/h4,7-15,18,35H,3,5-6H2,1-2H3,(H2,31,32). The van der Waals surface area contributed by atoms with Gasteiger partial charge in [0.2, 0.25) is 0 Å². The molecule has 3 N–H and O–H groups in total. The van der Waals surface area contributed by atoms with E-state index in [2.05, 4.69) is 25.5 Å². The maximum absolute atomic E-state index is 14.4. The number of nitrogens with zero attached hydrogens (tertiary/aromatic N) is 7. The second kappa shape index (κ2) is 9.29. The highest BCUT2D eigenvalue weighted by Gasteiger charge is 2.38. The van der Waals surface area contributed by atoms with Crippen LogP contribution in [0.1, 0.15) is 30.5 Å². The van der Waals surface area contributed by atoms with Gasteiger partial charge in [-0.05, 0) is 49.6 Å². The van der Waals surface area contributed by atoms with Crippen molar-refractivity contribution in [1.82, 2.24) is 29.1 Å². The Morgan fingerprint density at radius 3 is 2.62 bits per heavy atom. The van der Waals surface area contributed by atoms with Gasteiger partial charge in [0.25, 0.3) is 0 Å². The molecule has 0 saturated heterocycles. The van der Waals surface area contributed by atoms with Crippen molar-refractivity contribution in [2.75, 3.05) is 12.4 Å². The molecule has 39 heavy (non-hydrogen) atoms. The fourth-order valence-electron chi connectivity index (χ4n) is 4.80. The van der Waals surface area contributed by atoms with Crippen LogP contribution >= 0.6 is 0 Å². The Kier molecular flexibility index (Phi) is 5.89. The van der Waals surface area contributed by atoms with Crippen molar-refractivity contribution in [3.63, 3.8) is 0 Å². The average Bonchev–Trinajstić information content (AvgIpc) is 3.63. The zero-order chi connectivity index (χ0) is 27.3. The van der Waals surface area contributed by atoms with E-state index in [0.29, 0.717) is 39.7 Å². The largest absolute Gasteiger partial charge is 0.435 e. The highest BCUT2D eigenvalue weighted by atomic mass is 19.4. The molecule has 0 radical (unpaired) electrons. The summed E-state index contributed by atoms with van der Waals surface area (Å²) in [6, 6.07) is 10.5. The van der Waals surface area contributed by atoms with Crippen molar-refractivity contribution >= 4 is 22.4 Å². The zero-order valence-corrected chi connectivity index (χ0v) is 21.3. The average molecular weight is 534 g/mol. The van der Waals surface area contributed by atoms with E-state index in [-0.39, 0.29) is 11.4 Å². The van der Waals surface area contributed by atoms with Gasteiger partial charge in [0.15, 0.2) is 5.69 Å². The van der Waals surface area contributed by atoms with Crippen molar-refractivity contribution in [1.29, 1.82) is 0 Å². The number of anilines is 1. The Bertz CT molecular complexity index is 1700. The van der Waals surface area contributed by atoms with Crippen LogP contribution in [0, 0.1) is 0 Å². The number of rotatable bonds is 6. The van der Waals surface area contributed by atoms with Crippen molar-refractivity contribution in [2.24, 2.45) is 17.8 Å². The Hall–Kier alpha value is -4.61. The SMILES string of the molecule is CN=C(N)c1ccc(-n2nc(C(F)(F)F)c3c(-n4cnc(-c5cnn(C)c5)c4)cccc32)c(NC2CCC2)c1. The lowest BCUT2D eigenvalue weighted by Gasteiger charge is -2.29. The predicted molar refractivity (Wildman–Crippen MR) is 143 cm³/mol. The molecule has 0 aliphatic heterocycles. The van der Waals surface area contributed by atoms with Gasteiger partial charge in [-0.25, -0.2) is 9.67 Å². The summed E-state index contributed by atoms with van der Waals surface area (Å²) in [6.45, 7) is 0. The normalized spacial score (nSPS) is 14.6. The molecule has 0 amide bonds. The molecular weight excluding hydrogens is 507 g/mol. The van der Waals surface area contributed by atoms with E-state index < -0.39 is 11.9 Å². The van der Waals surface area contributed by atoms with E-state index in [4.69, 9.17) is 5.73 Å². The number of aromatic nitrogens is 6. The fraction of sp³-hybridized carbons (Fsp3) is 0.259. The molecule has 1 aliphatic carbocycles. The molecule has 200 valence electrons. The third-order valence-electron chi connectivity index (χ3n) is 7.04. The van der Waals surface area contributed by atoms with Crippen LogP contribution in [0.15, 0.2) is 66.3 Å². The third kappa shape index (κ3) is 4.41. The van der Waals surface area contributed by atoms with Gasteiger partial charge in [-0.15, -0.1) is 0 Å². The number of nitrogens with one attached hydrogen (secondary N) is 1. The van der Waals surface area contributed by atoms with E-state index in [9.17, 15) is 13.2 Å². The summed E-state index contributed by atoms with van der Waals surface area (Å²) in [4.78, 5) is 8.46. The lowest BCUT2D eigenvalue weighted by molar-refractivity contribution is -0.140. The van der Waals surface area contributed by atoms with Gasteiger partial charge in [0.1, 0.15) is 5.84 Å². The van der Waals surface area contributed by atoms with Gasteiger partial charge in [0, 0.05) is 43.7 Å². The van der Waals surface area contributed by atoms with Crippen LogP contribution in [0.5, 0.6) is 0 Å². The first-order valence-electron chi connectivity index (χ1n) is 12.5. The van der Waals surface area contributed by atoms with Crippen LogP contribution in [0.25, 0.3) is 33.5 Å². The summed E-state index contributed by atoms with van der Waals surface area (Å²) in [5, 5.41) is 11.7. The van der Waals surface area contributed by atoms with E-state index in [0.717, 1.165) is 24.8 Å². The third-order valence-corrected chi connectivity index (χ3v) is 7.04. The van der Waals surface area contributed by atoms with Crippen LogP contribution < -0.4 is 11.1 Å². The minimum atomic E-state index is -4.69. The molecular formula is C27H26F3N9. The topological polar surface area (TPSA) is 104 Å². The monoisotopic (exact) mass is 533 g/mol. The summed E-state index contributed by atoms with van der Waals surface area (Å²) < 4.78 is 47.9. The summed E-state index contributed by atoms with van der Waals surface area (Å²) >= 11 is 0. The van der Waals surface area contributed by atoms with E-state index in [1.807, 2.05) is 6.07 Å². The predicted octanol–water partition coefficient (Wildman–Crippen LogP) is 4.93. The van der Waals surface area contributed by atoms with Crippen LogP contribution in [0.2, 0.25) is 0 Å². The molecule has 3 heterocycles. The highest BCUT2D eigenvalue weighted by molar-refractivity contribution is 5.99. The van der Waals surface area contributed by atoms with Crippen molar-refractivity contribution in [2.45, 2.75) is 31.5 Å². The Morgan fingerprint density at radius 1 is 1.13 bits per heavy atom. The first kappa shape index (κ1) is 24.7. The van der Waals surface area contributed by atoms with Crippen LogP contribution in [0.3, 0.4) is 0 Å². The van der Waals surface area contributed by atoms with Crippen molar-refractivity contribution in [3.8, 4) is 22.6 Å². The number of imidazole rings is 1. The number of aliphatic imine (C=N–C) groups is 1. The Labute approximate surface area is 221 Å². The number of halogens is 3. The molecule has 1 aliphatic rings. The summed E-state index contributed by atoms with van der Waals surface area (Å²) in [7, 11) is 3.38. The van der Waals surface area contributed by atoms with E-state index >= 15 is 0 Å². The maximum atomic E-state index is 14.4. The molecule has 12 heteroatoms. The van der Waals surface area contributed by atoms with Gasteiger partial charge in [0.05, 0.1) is 46.2 Å². The van der Waals surface area contributed by atoms with Crippen LogP contribution in [-0.4, -0.2) is 48.0 Å². The molecule has 1 saturated carbocycles. The summed E-state index contributed by atoms with van der Waals surface area (Å²) in [5.74, 6) is 0.339. The lowest BCUT2D eigenvalue weighted by atomic mass is 9.92. The summed E-state index contributed by atoms with van der Waals surface area (Å²) in [5.41, 5.74) is 8.89. The molecule has 3 aromatic heterocycles. The molecule has 0 spiro atoms. The number of amidine groups is 1. The summed E-state index contributed by atoms with van der Waals surface area (Å²) in [6.07, 6.45) is 5.02. The molecule has 6 rings (SSSR count). The first-order valence-corrected chi connectivity index (χ1v) is 12.5. The molecule has 9 nitrogen and oxygen atoms in total. The number of alkyl halides is 3. The molecule has 0 unspecified atom stereocenters. The van der Waals surface area contributed by atoms with E-state index in [1.165, 1.54) is 11.0 Å². The number of hydrogen-bond donors (Lipinski definition) is 2. The zero-order valence-electron chi connectivity index (χ0n) is 21.3. The maximum Gasteiger partial charge on any atom is 0.435 e. The molecule has 0 bridgehead atoms. The number of fused-ring (bicyclic) bond motifs is 1. The van der Waals surface area contributed by atoms with Crippen molar-refractivity contribution in [3.05, 3.63) is 72.6 Å². The second-order valence-corrected chi connectivity index (χ2v) is 9.61. The quantitative estimate of drug-likeness (QED) is 0.238. The minimum absolute atomic E-state index is 0.0200. The van der Waals surface area contributed by atoms with Crippen LogP contribution in [-0.2, 0) is 13.2 Å². The van der Waals surface area contributed by atoms with Crippen molar-refractivity contribution < 1.29 is 13.2 Å². The molecule has 1 fully saturated rings. The second-order valence-electron chi connectivity index (χ2n) is 9.61. The van der Waals surface area contributed by atoms with E-state index in [1.54, 1.807) is 72.3 Å². The number of nitrogens with two attached hydrogens (primary N) is 1. The Balaban J connectivity index is 1.54. The number of hydrogen-bond acceptors (Lipinski definition) is 5. The van der Waals surface area contributed by atoms with Gasteiger partial charge in [-0.3, -0.25) is 9.67 Å². The minimum Gasteiger partial charge on any atom is -0.384 e. The van der Waals surface area contributed by atoms with Crippen LogP contribution in [0.4, 0.5) is 18.9 Å². The molecule has 5 aromatic rings. The number of aryl methyl sites for hydroxylation is 1. The van der Waals surface area contributed by atoms with Gasteiger partial charge in [-0.2, -0.15) is 23.4 Å². The smallest absolute Gasteiger partial charge is 0.384 e. The first-order chi connectivity index (χ1) is 18.7. The molecule has 2 aromatic carbocycles. The fourth-order valence-corrected chi connectivity index (χ4v) is 4.80. The van der Waals surface area contributed by atoms with Gasteiger partial charge < -0.3 is 15.6 Å². The Morgan fingerprint density at radius 2 is 1.95 bits per heavy atom. The number of benzene rings is 2. The van der Waals surface area contributed by atoms with Gasteiger partial charge >= 0.3 is 6.18 Å². The van der Waals surface area contributed by atoms with Gasteiger partial charge in [-0.1, -0.05) is 6.07 Å².